The summed E-state index contributed by atoms with van der Waals surface area (Å²) in [5.41, 5.74) is 0. The number of piperidine rings is 1. The highest BCUT2D eigenvalue weighted by molar-refractivity contribution is 6.04. The van der Waals surface area contributed by atoms with Crippen molar-refractivity contribution in [1.82, 2.24) is 20.4 Å². The van der Waals surface area contributed by atoms with Crippen molar-refractivity contribution in [3.8, 4) is 0 Å². The molecule has 0 bridgehead atoms. The summed E-state index contributed by atoms with van der Waals surface area (Å²) >= 11 is 0. The summed E-state index contributed by atoms with van der Waals surface area (Å²) in [7, 11) is 0. The van der Waals surface area contributed by atoms with Gasteiger partial charge in [0, 0.05) is 25.2 Å². The zero-order valence-corrected chi connectivity index (χ0v) is 12.5. The summed E-state index contributed by atoms with van der Waals surface area (Å²) in [6, 6.07) is -0.984. The third kappa shape index (κ3) is 3.17. The number of fused-ring (bicyclic) bond motifs is 1. The Bertz CT molecular complexity index is 463. The summed E-state index contributed by atoms with van der Waals surface area (Å²) in [5, 5.41) is 5.63. The predicted octanol–water partition coefficient (Wildman–Crippen LogP) is 0.675. The first-order valence-electron chi connectivity index (χ1n) is 7.24. The van der Waals surface area contributed by atoms with Crippen molar-refractivity contribution in [3.63, 3.8) is 0 Å². The summed E-state index contributed by atoms with van der Waals surface area (Å²) in [5.74, 6) is -0.198. The van der Waals surface area contributed by atoms with Gasteiger partial charge in [-0.25, -0.2) is 9.59 Å². The van der Waals surface area contributed by atoms with Crippen molar-refractivity contribution >= 4 is 18.0 Å². The minimum Gasteiger partial charge on any atom is -0.336 e. The molecule has 0 aromatic heterocycles. The maximum Gasteiger partial charge on any atom is 0.327 e. The monoisotopic (exact) mass is 294 g/mol. The van der Waals surface area contributed by atoms with Crippen LogP contribution in [0.2, 0.25) is 0 Å². The first-order chi connectivity index (χ1) is 9.93. The lowest BCUT2D eigenvalue weighted by Crippen LogP contribution is -2.52. The molecule has 2 aliphatic heterocycles. The van der Waals surface area contributed by atoms with Crippen LogP contribution in [0.15, 0.2) is 12.7 Å². The molecule has 7 heteroatoms. The van der Waals surface area contributed by atoms with Gasteiger partial charge in [-0.15, -0.1) is 6.58 Å². The standard InChI is InChI=1S/C14H22N4O3/c1-4-6-18-12(19)11-8-10(5-7-17(11)14(18)21)16-13(20)15-9(2)3/h4,9-11H,1,5-8H2,2-3H3,(H2,15,16,20). The summed E-state index contributed by atoms with van der Waals surface area (Å²) in [6.45, 7) is 8.04. The molecule has 2 fully saturated rings. The van der Waals surface area contributed by atoms with Crippen molar-refractivity contribution < 1.29 is 14.4 Å². The number of hydrogen-bond acceptors (Lipinski definition) is 3. The topological polar surface area (TPSA) is 81.8 Å². The highest BCUT2D eigenvalue weighted by Crippen LogP contribution is 2.26. The Kier molecular flexibility index (Phi) is 4.50. The van der Waals surface area contributed by atoms with Gasteiger partial charge in [0.05, 0.1) is 0 Å². The van der Waals surface area contributed by atoms with E-state index in [1.54, 1.807) is 11.0 Å². The number of amides is 5. The molecule has 2 rings (SSSR count). The fraction of sp³-hybridized carbons (Fsp3) is 0.643. The molecule has 0 spiro atoms. The summed E-state index contributed by atoms with van der Waals surface area (Å²) in [4.78, 5) is 38.9. The van der Waals surface area contributed by atoms with E-state index in [-0.39, 0.29) is 36.6 Å². The average Bonchev–Trinajstić information content (AvgIpc) is 2.63. The smallest absolute Gasteiger partial charge is 0.327 e. The zero-order chi connectivity index (χ0) is 15.6. The largest absolute Gasteiger partial charge is 0.336 e. The van der Waals surface area contributed by atoms with E-state index >= 15 is 0 Å². The van der Waals surface area contributed by atoms with E-state index in [0.29, 0.717) is 19.4 Å². The van der Waals surface area contributed by atoms with Gasteiger partial charge in [0.25, 0.3) is 5.91 Å². The summed E-state index contributed by atoms with van der Waals surface area (Å²) < 4.78 is 0. The number of urea groups is 2. The predicted molar refractivity (Wildman–Crippen MR) is 77.6 cm³/mol. The second-order valence-electron chi connectivity index (χ2n) is 5.72. The Morgan fingerprint density at radius 1 is 1.48 bits per heavy atom. The van der Waals surface area contributed by atoms with E-state index in [1.165, 1.54) is 4.90 Å². The maximum atomic E-state index is 12.2. The van der Waals surface area contributed by atoms with Gasteiger partial charge in [0.15, 0.2) is 0 Å². The molecule has 5 amide bonds. The molecule has 2 saturated heterocycles. The third-order valence-corrected chi connectivity index (χ3v) is 3.70. The lowest BCUT2D eigenvalue weighted by molar-refractivity contribution is -0.128. The Hall–Kier alpha value is -2.05. The quantitative estimate of drug-likeness (QED) is 0.591. The molecule has 2 N–H and O–H groups in total. The molecule has 0 radical (unpaired) electrons. The first-order valence-corrected chi connectivity index (χ1v) is 7.24. The van der Waals surface area contributed by atoms with Gasteiger partial charge in [-0.1, -0.05) is 6.08 Å². The Morgan fingerprint density at radius 3 is 2.81 bits per heavy atom. The van der Waals surface area contributed by atoms with E-state index in [4.69, 9.17) is 0 Å². The van der Waals surface area contributed by atoms with E-state index < -0.39 is 6.04 Å². The number of nitrogens with one attached hydrogen (secondary N) is 2. The maximum absolute atomic E-state index is 12.2. The zero-order valence-electron chi connectivity index (χ0n) is 12.5. The molecule has 116 valence electrons. The lowest BCUT2D eigenvalue weighted by atomic mass is 9.98. The van der Waals surface area contributed by atoms with Crippen LogP contribution in [0.1, 0.15) is 26.7 Å². The van der Waals surface area contributed by atoms with Crippen LogP contribution < -0.4 is 10.6 Å². The highest BCUT2D eigenvalue weighted by Gasteiger charge is 2.47. The Labute approximate surface area is 124 Å². The third-order valence-electron chi connectivity index (χ3n) is 3.70. The number of hydrogen-bond donors (Lipinski definition) is 2. The van der Waals surface area contributed by atoms with Crippen LogP contribution in [-0.4, -0.2) is 59.0 Å². The van der Waals surface area contributed by atoms with Gasteiger partial charge < -0.3 is 15.5 Å². The molecule has 0 saturated carbocycles. The molecule has 21 heavy (non-hydrogen) atoms. The van der Waals surface area contributed by atoms with Crippen molar-refractivity contribution in [1.29, 1.82) is 0 Å². The van der Waals surface area contributed by atoms with E-state index in [0.717, 1.165) is 0 Å². The van der Waals surface area contributed by atoms with Crippen molar-refractivity contribution in [2.75, 3.05) is 13.1 Å². The summed E-state index contributed by atoms with van der Waals surface area (Å²) in [6.07, 6.45) is 2.66. The van der Waals surface area contributed by atoms with Gasteiger partial charge in [-0.2, -0.15) is 0 Å². The first kappa shape index (κ1) is 15.3. The molecule has 7 nitrogen and oxygen atoms in total. The number of imide groups is 1. The van der Waals surface area contributed by atoms with Crippen LogP contribution in [-0.2, 0) is 4.79 Å². The van der Waals surface area contributed by atoms with Crippen molar-refractivity contribution in [2.24, 2.45) is 0 Å². The van der Waals surface area contributed by atoms with Gasteiger partial charge in [-0.05, 0) is 26.7 Å². The van der Waals surface area contributed by atoms with E-state index in [2.05, 4.69) is 17.2 Å². The Morgan fingerprint density at radius 2 is 2.19 bits per heavy atom. The van der Waals surface area contributed by atoms with Crippen LogP contribution in [0, 0.1) is 0 Å². The molecule has 0 aromatic rings. The van der Waals surface area contributed by atoms with E-state index in [1.807, 2.05) is 13.8 Å². The fourth-order valence-corrected chi connectivity index (χ4v) is 2.78. The fourth-order valence-electron chi connectivity index (χ4n) is 2.78. The second-order valence-corrected chi connectivity index (χ2v) is 5.72. The van der Waals surface area contributed by atoms with E-state index in [9.17, 15) is 14.4 Å². The number of carbonyl (C=O) groups excluding carboxylic acids is 3. The normalized spacial score (nSPS) is 25.1. The van der Waals surface area contributed by atoms with Crippen LogP contribution in [0.4, 0.5) is 9.59 Å². The molecule has 2 heterocycles. The number of carbonyl (C=O) groups is 3. The lowest BCUT2D eigenvalue weighted by Gasteiger charge is -2.32. The molecule has 2 unspecified atom stereocenters. The van der Waals surface area contributed by atoms with Crippen LogP contribution in [0.25, 0.3) is 0 Å². The van der Waals surface area contributed by atoms with Gasteiger partial charge in [0.2, 0.25) is 0 Å². The van der Waals surface area contributed by atoms with Crippen LogP contribution >= 0.6 is 0 Å². The molecule has 0 aliphatic carbocycles. The number of rotatable bonds is 4. The minimum absolute atomic E-state index is 0.0582. The molecule has 2 aliphatic rings. The van der Waals surface area contributed by atoms with Crippen LogP contribution in [0.5, 0.6) is 0 Å². The van der Waals surface area contributed by atoms with Crippen molar-refractivity contribution in [2.45, 2.75) is 44.8 Å². The molecular formula is C14H22N4O3. The molecule has 2 atom stereocenters. The molecule has 0 aromatic carbocycles. The van der Waals surface area contributed by atoms with Crippen LogP contribution in [0.3, 0.4) is 0 Å². The minimum atomic E-state index is -0.462. The Balaban J connectivity index is 1.97. The average molecular weight is 294 g/mol. The van der Waals surface area contributed by atoms with Crippen molar-refractivity contribution in [3.05, 3.63) is 12.7 Å². The van der Waals surface area contributed by atoms with Gasteiger partial charge in [-0.3, -0.25) is 9.69 Å². The van der Waals surface area contributed by atoms with Gasteiger partial charge >= 0.3 is 12.1 Å². The molecular weight excluding hydrogens is 272 g/mol. The van der Waals surface area contributed by atoms with Gasteiger partial charge in [0.1, 0.15) is 6.04 Å². The highest BCUT2D eigenvalue weighted by atomic mass is 16.2. The second kappa shape index (κ2) is 6.15. The SMILES string of the molecule is C=CCN1C(=O)C2CC(NC(=O)NC(C)C)CCN2C1=O. The number of nitrogens with zero attached hydrogens (tertiary/aromatic N) is 2.